The van der Waals surface area contributed by atoms with Crippen LogP contribution in [0.4, 0.5) is 0 Å². The van der Waals surface area contributed by atoms with Crippen LogP contribution in [0.15, 0.2) is 58.2 Å². The van der Waals surface area contributed by atoms with Gasteiger partial charge in [0.05, 0.1) is 5.25 Å². The highest BCUT2D eigenvalue weighted by molar-refractivity contribution is 9.10. The molecule has 3 rings (SSSR count). The Morgan fingerprint density at radius 2 is 1.86 bits per heavy atom. The fourth-order valence-corrected chi connectivity index (χ4v) is 4.16. The number of halogens is 2. The van der Waals surface area contributed by atoms with Crippen LogP contribution in [0.25, 0.3) is 11.4 Å². The summed E-state index contributed by atoms with van der Waals surface area (Å²) in [6, 6.07) is 14.9. The molecule has 152 valence electrons. The van der Waals surface area contributed by atoms with E-state index in [0.717, 1.165) is 22.3 Å². The summed E-state index contributed by atoms with van der Waals surface area (Å²) in [5.74, 6) is 0.811. The highest BCUT2D eigenvalue weighted by Gasteiger charge is 2.21. The fraction of sp³-hybridized carbons (Fsp3) is 0.286. The standard InChI is InChI=1S/C21H21BrClN3O2S/c1-14(19(27)15-4-8-17(22)9-5-15)29-21-25-24-20(26(21)12-3-13-28-2)16-6-10-18(23)11-7-16/h4-11,14H,3,12-13H2,1-2H3/t14-/m1/s1. The minimum Gasteiger partial charge on any atom is -0.385 e. The van der Waals surface area contributed by atoms with Gasteiger partial charge < -0.3 is 9.30 Å². The molecule has 0 amide bonds. The van der Waals surface area contributed by atoms with Crippen molar-refractivity contribution >= 4 is 45.1 Å². The molecule has 29 heavy (non-hydrogen) atoms. The Morgan fingerprint density at radius 3 is 2.52 bits per heavy atom. The van der Waals surface area contributed by atoms with Crippen LogP contribution in [0.1, 0.15) is 23.7 Å². The lowest BCUT2D eigenvalue weighted by Gasteiger charge is -2.13. The number of ketones is 1. The van der Waals surface area contributed by atoms with Crippen molar-refractivity contribution in [3.63, 3.8) is 0 Å². The number of aromatic nitrogens is 3. The number of methoxy groups -OCH3 is 1. The van der Waals surface area contributed by atoms with E-state index >= 15 is 0 Å². The maximum absolute atomic E-state index is 12.8. The van der Waals surface area contributed by atoms with E-state index in [1.165, 1.54) is 11.8 Å². The Hall–Kier alpha value is -1.67. The molecule has 2 aromatic carbocycles. The van der Waals surface area contributed by atoms with Gasteiger partial charge in [-0.3, -0.25) is 4.79 Å². The lowest BCUT2D eigenvalue weighted by Crippen LogP contribution is -2.15. The zero-order valence-electron chi connectivity index (χ0n) is 16.1. The number of Topliss-reactive ketones (excluding diaryl/α,β-unsaturated/α-hetero) is 1. The molecule has 0 aliphatic rings. The average Bonchev–Trinajstić information content (AvgIpc) is 3.11. The first-order chi connectivity index (χ1) is 14.0. The SMILES string of the molecule is COCCCn1c(S[C@H](C)C(=O)c2ccc(Br)cc2)nnc1-c1ccc(Cl)cc1. The van der Waals surface area contributed by atoms with E-state index in [-0.39, 0.29) is 11.0 Å². The summed E-state index contributed by atoms with van der Waals surface area (Å²) in [6.07, 6.45) is 0.817. The molecular weight excluding hydrogens is 474 g/mol. The second-order valence-electron chi connectivity index (χ2n) is 6.44. The average molecular weight is 495 g/mol. The van der Waals surface area contributed by atoms with Crippen molar-refractivity contribution < 1.29 is 9.53 Å². The third-order valence-electron chi connectivity index (χ3n) is 4.33. The van der Waals surface area contributed by atoms with Crippen LogP contribution >= 0.6 is 39.3 Å². The zero-order chi connectivity index (χ0) is 20.8. The fourth-order valence-electron chi connectivity index (χ4n) is 2.82. The lowest BCUT2D eigenvalue weighted by molar-refractivity contribution is 0.0994. The molecule has 0 unspecified atom stereocenters. The molecule has 1 aromatic heterocycles. The molecule has 0 spiro atoms. The summed E-state index contributed by atoms with van der Waals surface area (Å²) in [4.78, 5) is 12.8. The summed E-state index contributed by atoms with van der Waals surface area (Å²) in [7, 11) is 1.68. The molecule has 8 heteroatoms. The molecule has 5 nitrogen and oxygen atoms in total. The van der Waals surface area contributed by atoms with Crippen molar-refractivity contribution in [1.82, 2.24) is 14.8 Å². The van der Waals surface area contributed by atoms with Gasteiger partial charge in [0.15, 0.2) is 16.8 Å². The van der Waals surface area contributed by atoms with E-state index in [9.17, 15) is 4.79 Å². The molecule has 0 saturated heterocycles. The summed E-state index contributed by atoms with van der Waals surface area (Å²) in [5, 5.41) is 9.84. The molecular formula is C21H21BrClN3O2S. The van der Waals surface area contributed by atoms with E-state index in [2.05, 4.69) is 26.1 Å². The van der Waals surface area contributed by atoms with Gasteiger partial charge >= 0.3 is 0 Å². The van der Waals surface area contributed by atoms with Gasteiger partial charge in [0, 0.05) is 40.9 Å². The highest BCUT2D eigenvalue weighted by atomic mass is 79.9. The summed E-state index contributed by atoms with van der Waals surface area (Å²) < 4.78 is 8.18. The Labute approximate surface area is 187 Å². The van der Waals surface area contributed by atoms with Crippen LogP contribution in [0, 0.1) is 0 Å². The van der Waals surface area contributed by atoms with E-state index < -0.39 is 0 Å². The van der Waals surface area contributed by atoms with Crippen molar-refractivity contribution in [3.8, 4) is 11.4 Å². The van der Waals surface area contributed by atoms with Gasteiger partial charge in [-0.15, -0.1) is 10.2 Å². The number of ether oxygens (including phenoxy) is 1. The number of rotatable bonds is 9. The van der Waals surface area contributed by atoms with Gasteiger partial charge in [0.25, 0.3) is 0 Å². The monoisotopic (exact) mass is 493 g/mol. The quantitative estimate of drug-likeness (QED) is 0.215. The molecule has 0 N–H and O–H groups in total. The van der Waals surface area contributed by atoms with Crippen molar-refractivity contribution in [2.45, 2.75) is 30.3 Å². The maximum atomic E-state index is 12.8. The van der Waals surface area contributed by atoms with E-state index in [4.69, 9.17) is 16.3 Å². The first-order valence-corrected chi connectivity index (χ1v) is 11.2. The van der Waals surface area contributed by atoms with E-state index in [1.807, 2.05) is 60.0 Å². The number of nitrogens with zero attached hydrogens (tertiary/aromatic N) is 3. The molecule has 1 atom stereocenters. The first-order valence-electron chi connectivity index (χ1n) is 9.14. The predicted octanol–water partition coefficient (Wildman–Crippen LogP) is 5.76. The zero-order valence-corrected chi connectivity index (χ0v) is 19.3. The van der Waals surface area contributed by atoms with Gasteiger partial charge in [0.1, 0.15) is 0 Å². The third kappa shape index (κ3) is 5.69. The number of benzene rings is 2. The number of carbonyl (C=O) groups excluding carboxylic acids is 1. The Kier molecular flexibility index (Phi) is 7.89. The lowest BCUT2D eigenvalue weighted by atomic mass is 10.1. The van der Waals surface area contributed by atoms with Gasteiger partial charge in [-0.05, 0) is 49.7 Å². The third-order valence-corrected chi connectivity index (χ3v) is 6.19. The van der Waals surface area contributed by atoms with Crippen molar-refractivity contribution in [2.24, 2.45) is 0 Å². The van der Waals surface area contributed by atoms with Gasteiger partial charge in [-0.1, -0.05) is 51.4 Å². The van der Waals surface area contributed by atoms with Crippen LogP contribution in [-0.4, -0.2) is 39.5 Å². The van der Waals surface area contributed by atoms with Gasteiger partial charge in [-0.2, -0.15) is 0 Å². The van der Waals surface area contributed by atoms with Crippen molar-refractivity contribution in [2.75, 3.05) is 13.7 Å². The number of carbonyl (C=O) groups is 1. The smallest absolute Gasteiger partial charge is 0.192 e. The molecule has 0 fully saturated rings. The Bertz CT molecular complexity index is 961. The van der Waals surface area contributed by atoms with Gasteiger partial charge in [0.2, 0.25) is 0 Å². The van der Waals surface area contributed by atoms with Crippen LogP contribution in [0.5, 0.6) is 0 Å². The molecule has 0 radical (unpaired) electrons. The maximum Gasteiger partial charge on any atom is 0.192 e. The first kappa shape index (κ1) is 22.0. The topological polar surface area (TPSA) is 57.0 Å². The molecule has 1 heterocycles. The van der Waals surface area contributed by atoms with Gasteiger partial charge in [-0.25, -0.2) is 0 Å². The summed E-state index contributed by atoms with van der Waals surface area (Å²) in [5.41, 5.74) is 1.61. The van der Waals surface area contributed by atoms with Crippen LogP contribution in [0.2, 0.25) is 5.02 Å². The van der Waals surface area contributed by atoms with Crippen molar-refractivity contribution in [3.05, 3.63) is 63.6 Å². The molecule has 0 bridgehead atoms. The molecule has 0 aliphatic heterocycles. The molecule has 0 saturated carbocycles. The largest absolute Gasteiger partial charge is 0.385 e. The minimum atomic E-state index is -0.292. The normalized spacial score (nSPS) is 12.1. The van der Waals surface area contributed by atoms with Crippen LogP contribution in [0.3, 0.4) is 0 Å². The predicted molar refractivity (Wildman–Crippen MR) is 121 cm³/mol. The van der Waals surface area contributed by atoms with E-state index in [0.29, 0.717) is 28.9 Å². The second-order valence-corrected chi connectivity index (χ2v) is 9.10. The second kappa shape index (κ2) is 10.4. The number of thioether (sulfide) groups is 1. The van der Waals surface area contributed by atoms with Crippen LogP contribution < -0.4 is 0 Å². The molecule has 3 aromatic rings. The highest BCUT2D eigenvalue weighted by Crippen LogP contribution is 2.29. The van der Waals surface area contributed by atoms with Crippen molar-refractivity contribution in [1.29, 1.82) is 0 Å². The molecule has 0 aliphatic carbocycles. The Balaban J connectivity index is 1.84. The van der Waals surface area contributed by atoms with Crippen LogP contribution in [-0.2, 0) is 11.3 Å². The summed E-state index contributed by atoms with van der Waals surface area (Å²) in [6.45, 7) is 3.22. The Morgan fingerprint density at radius 1 is 1.17 bits per heavy atom. The van der Waals surface area contributed by atoms with E-state index in [1.54, 1.807) is 7.11 Å². The summed E-state index contributed by atoms with van der Waals surface area (Å²) >= 11 is 10.8. The number of hydrogen-bond donors (Lipinski definition) is 0. The number of hydrogen-bond acceptors (Lipinski definition) is 5. The minimum absolute atomic E-state index is 0.0574.